The Labute approximate surface area is 187 Å². The lowest BCUT2D eigenvalue weighted by atomic mass is 10.1. The number of hydrogen-bond acceptors (Lipinski definition) is 5. The molecule has 0 fully saturated rings. The molecule has 0 radical (unpaired) electrons. The minimum atomic E-state index is -0.255. The van der Waals surface area contributed by atoms with Crippen LogP contribution in [0.2, 0.25) is 0 Å². The van der Waals surface area contributed by atoms with Crippen LogP contribution in [0.25, 0.3) is 0 Å². The number of amides is 1. The van der Waals surface area contributed by atoms with Crippen molar-refractivity contribution in [1.29, 1.82) is 0 Å². The second kappa shape index (κ2) is 9.06. The zero-order valence-corrected chi connectivity index (χ0v) is 19.0. The molecule has 0 saturated carbocycles. The molecule has 1 amide bonds. The van der Waals surface area contributed by atoms with E-state index in [1.54, 1.807) is 23.2 Å². The van der Waals surface area contributed by atoms with Crippen LogP contribution in [-0.4, -0.2) is 44.3 Å². The molecule has 3 aromatic rings. The molecule has 32 heavy (non-hydrogen) atoms. The second-order valence-corrected chi connectivity index (χ2v) is 8.43. The maximum absolute atomic E-state index is 13.1. The van der Waals surface area contributed by atoms with Gasteiger partial charge in [-0.3, -0.25) is 9.48 Å². The Morgan fingerprint density at radius 2 is 1.84 bits per heavy atom. The number of likely N-dealkylation sites (N-methyl/N-ethyl adjacent to an activating group) is 1. The third kappa shape index (κ3) is 4.35. The van der Waals surface area contributed by atoms with E-state index in [0.29, 0.717) is 19.5 Å². The summed E-state index contributed by atoms with van der Waals surface area (Å²) < 4.78 is 14.9. The zero-order valence-electron chi connectivity index (χ0n) is 19.0. The third-order valence-corrected chi connectivity index (χ3v) is 5.83. The number of aromatic nitrogens is 4. The SMILES string of the molecule is CCN1C(=O)[C@@H](C)N(C(C)C)c2nc(CCc3cnn(Cc4ccc(F)cc4)c3)ncc21. The molecule has 0 bridgehead atoms. The molecule has 7 nitrogen and oxygen atoms in total. The number of nitrogens with zero attached hydrogens (tertiary/aromatic N) is 6. The highest BCUT2D eigenvalue weighted by Gasteiger charge is 2.37. The van der Waals surface area contributed by atoms with E-state index < -0.39 is 0 Å². The first-order valence-corrected chi connectivity index (χ1v) is 11.1. The summed E-state index contributed by atoms with van der Waals surface area (Å²) in [6.07, 6.45) is 7.06. The van der Waals surface area contributed by atoms with Crippen molar-refractivity contribution < 1.29 is 9.18 Å². The first-order chi connectivity index (χ1) is 15.4. The Morgan fingerprint density at radius 1 is 1.09 bits per heavy atom. The molecule has 3 heterocycles. The molecule has 1 aliphatic heterocycles. The number of anilines is 2. The molecule has 0 spiro atoms. The fraction of sp³-hybridized carbons (Fsp3) is 0.417. The molecule has 0 saturated heterocycles. The molecular weight excluding hydrogens is 407 g/mol. The smallest absolute Gasteiger partial charge is 0.249 e. The van der Waals surface area contributed by atoms with Crippen LogP contribution in [0, 0.1) is 5.82 Å². The molecule has 2 aromatic heterocycles. The van der Waals surface area contributed by atoms with Gasteiger partial charge in [0.1, 0.15) is 23.4 Å². The van der Waals surface area contributed by atoms with E-state index in [0.717, 1.165) is 34.9 Å². The highest BCUT2D eigenvalue weighted by atomic mass is 19.1. The highest BCUT2D eigenvalue weighted by molar-refractivity contribution is 6.04. The van der Waals surface area contributed by atoms with Gasteiger partial charge in [0.15, 0.2) is 5.82 Å². The molecule has 0 unspecified atom stereocenters. The van der Waals surface area contributed by atoms with Crippen LogP contribution >= 0.6 is 0 Å². The van der Waals surface area contributed by atoms with Crippen LogP contribution < -0.4 is 9.80 Å². The maximum atomic E-state index is 13.1. The van der Waals surface area contributed by atoms with Crippen molar-refractivity contribution in [3.05, 3.63) is 65.6 Å². The van der Waals surface area contributed by atoms with E-state index in [2.05, 4.69) is 28.8 Å². The predicted molar refractivity (Wildman–Crippen MR) is 122 cm³/mol. The molecule has 8 heteroatoms. The lowest BCUT2D eigenvalue weighted by molar-refractivity contribution is -0.120. The third-order valence-electron chi connectivity index (χ3n) is 5.83. The van der Waals surface area contributed by atoms with Gasteiger partial charge in [-0.2, -0.15) is 5.10 Å². The van der Waals surface area contributed by atoms with Gasteiger partial charge in [-0.05, 0) is 57.4 Å². The summed E-state index contributed by atoms with van der Waals surface area (Å²) in [5, 5.41) is 4.42. The number of hydrogen-bond donors (Lipinski definition) is 0. The van der Waals surface area contributed by atoms with Gasteiger partial charge in [0.25, 0.3) is 0 Å². The fourth-order valence-corrected chi connectivity index (χ4v) is 4.22. The fourth-order valence-electron chi connectivity index (χ4n) is 4.22. The van der Waals surface area contributed by atoms with Gasteiger partial charge in [-0.25, -0.2) is 14.4 Å². The maximum Gasteiger partial charge on any atom is 0.249 e. The Balaban J connectivity index is 1.48. The molecule has 1 aliphatic rings. The van der Waals surface area contributed by atoms with Crippen molar-refractivity contribution in [2.75, 3.05) is 16.3 Å². The van der Waals surface area contributed by atoms with Crippen molar-refractivity contribution in [3.63, 3.8) is 0 Å². The van der Waals surface area contributed by atoms with Crippen LogP contribution in [0.5, 0.6) is 0 Å². The topological polar surface area (TPSA) is 67.2 Å². The number of aryl methyl sites for hydroxylation is 2. The Hall–Kier alpha value is -3.29. The molecule has 0 N–H and O–H groups in total. The average molecular weight is 437 g/mol. The summed E-state index contributed by atoms with van der Waals surface area (Å²) in [6, 6.07) is 6.35. The van der Waals surface area contributed by atoms with Crippen LogP contribution in [0.4, 0.5) is 15.9 Å². The number of carbonyl (C=O) groups is 1. The monoisotopic (exact) mass is 436 g/mol. The van der Waals surface area contributed by atoms with E-state index in [1.165, 1.54) is 12.1 Å². The van der Waals surface area contributed by atoms with Crippen LogP contribution in [-0.2, 0) is 24.2 Å². The van der Waals surface area contributed by atoms with Gasteiger partial charge < -0.3 is 9.80 Å². The summed E-state index contributed by atoms with van der Waals surface area (Å²) in [5.74, 6) is 1.42. The summed E-state index contributed by atoms with van der Waals surface area (Å²) in [5.41, 5.74) is 2.87. The molecule has 0 aliphatic carbocycles. The molecule has 1 aromatic carbocycles. The van der Waals surface area contributed by atoms with Crippen LogP contribution in [0.3, 0.4) is 0 Å². The quantitative estimate of drug-likeness (QED) is 0.566. The number of rotatable bonds is 7. The van der Waals surface area contributed by atoms with Gasteiger partial charge in [-0.1, -0.05) is 12.1 Å². The lowest BCUT2D eigenvalue weighted by Crippen LogP contribution is -2.54. The first-order valence-electron chi connectivity index (χ1n) is 11.1. The highest BCUT2D eigenvalue weighted by Crippen LogP contribution is 2.35. The lowest BCUT2D eigenvalue weighted by Gasteiger charge is -2.42. The molecule has 168 valence electrons. The minimum absolute atomic E-state index is 0.0821. The average Bonchev–Trinajstić information content (AvgIpc) is 3.22. The van der Waals surface area contributed by atoms with Gasteiger partial charge in [0.2, 0.25) is 5.91 Å². The Morgan fingerprint density at radius 3 is 2.53 bits per heavy atom. The summed E-state index contributed by atoms with van der Waals surface area (Å²) in [6.45, 7) is 9.25. The van der Waals surface area contributed by atoms with Gasteiger partial charge in [-0.15, -0.1) is 0 Å². The summed E-state index contributed by atoms with van der Waals surface area (Å²) in [7, 11) is 0. The second-order valence-electron chi connectivity index (χ2n) is 8.43. The van der Waals surface area contributed by atoms with Crippen molar-refractivity contribution in [2.24, 2.45) is 0 Å². The Bertz CT molecular complexity index is 1090. The van der Waals surface area contributed by atoms with Crippen molar-refractivity contribution in [2.45, 2.75) is 59.2 Å². The van der Waals surface area contributed by atoms with Crippen molar-refractivity contribution >= 4 is 17.4 Å². The van der Waals surface area contributed by atoms with E-state index in [9.17, 15) is 9.18 Å². The van der Waals surface area contributed by atoms with Gasteiger partial charge in [0.05, 0.1) is 18.9 Å². The predicted octanol–water partition coefficient (Wildman–Crippen LogP) is 3.62. The minimum Gasteiger partial charge on any atom is -0.341 e. The molecule has 4 rings (SSSR count). The summed E-state index contributed by atoms with van der Waals surface area (Å²) >= 11 is 0. The van der Waals surface area contributed by atoms with Crippen molar-refractivity contribution in [1.82, 2.24) is 19.7 Å². The number of carbonyl (C=O) groups excluding carboxylic acids is 1. The number of fused-ring (bicyclic) bond motifs is 1. The van der Waals surface area contributed by atoms with Crippen LogP contribution in [0.1, 0.15) is 44.6 Å². The largest absolute Gasteiger partial charge is 0.341 e. The van der Waals surface area contributed by atoms with Crippen molar-refractivity contribution in [3.8, 4) is 0 Å². The molecule has 1 atom stereocenters. The van der Waals surface area contributed by atoms with Gasteiger partial charge >= 0.3 is 0 Å². The van der Waals surface area contributed by atoms with E-state index >= 15 is 0 Å². The standard InChI is InChI=1S/C24H29FN6O/c1-5-30-21-13-26-22(28-23(21)31(16(2)3)17(4)24(30)32)11-8-19-12-27-29(15-19)14-18-6-9-20(25)10-7-18/h6-7,9-10,12-13,15-17H,5,8,11,14H2,1-4H3/t17-/m1/s1. The zero-order chi connectivity index (χ0) is 22.8. The molecular formula is C24H29FN6O. The number of benzene rings is 1. The number of halogens is 1. The first kappa shape index (κ1) is 21.9. The van der Waals surface area contributed by atoms with E-state index in [4.69, 9.17) is 4.98 Å². The van der Waals surface area contributed by atoms with Crippen LogP contribution in [0.15, 0.2) is 42.9 Å². The van der Waals surface area contributed by atoms with E-state index in [1.807, 2.05) is 30.9 Å². The van der Waals surface area contributed by atoms with E-state index in [-0.39, 0.29) is 23.8 Å². The summed E-state index contributed by atoms with van der Waals surface area (Å²) in [4.78, 5) is 26.0. The normalized spacial score (nSPS) is 16.1. The Kier molecular flexibility index (Phi) is 6.21. The van der Waals surface area contributed by atoms with Gasteiger partial charge in [0, 0.05) is 25.2 Å².